The van der Waals surface area contributed by atoms with Crippen LogP contribution in [0.5, 0.6) is 0 Å². The molecule has 1 aliphatic rings. The standard InChI is InChI=1S/C20H19BrN2S2/c1-11-9-15-16(10-12(11)2)23-20(3,4)18-17(15)19(25-24-18)22-14-7-5-13(21)6-8-14/h5-10,23H,1-4H3. The molecule has 0 bridgehead atoms. The molecule has 25 heavy (non-hydrogen) atoms. The van der Waals surface area contributed by atoms with Crippen molar-refractivity contribution in [2.24, 2.45) is 4.99 Å². The predicted molar refractivity (Wildman–Crippen MR) is 113 cm³/mol. The average Bonchev–Trinajstić information content (AvgIpc) is 2.97. The van der Waals surface area contributed by atoms with Crippen LogP contribution in [0.3, 0.4) is 0 Å². The first-order valence-corrected chi connectivity index (χ1v) is 11.1. The van der Waals surface area contributed by atoms with E-state index in [-0.39, 0.29) is 5.54 Å². The van der Waals surface area contributed by atoms with Gasteiger partial charge in [-0.2, -0.15) is 0 Å². The maximum atomic E-state index is 4.95. The third-order valence-electron chi connectivity index (χ3n) is 4.62. The molecule has 0 fully saturated rings. The van der Waals surface area contributed by atoms with Gasteiger partial charge in [0.25, 0.3) is 0 Å². The summed E-state index contributed by atoms with van der Waals surface area (Å²) in [5.74, 6) is 0. The van der Waals surface area contributed by atoms with Gasteiger partial charge in [-0.1, -0.05) is 36.6 Å². The van der Waals surface area contributed by atoms with Crippen molar-refractivity contribution in [2.45, 2.75) is 33.2 Å². The van der Waals surface area contributed by atoms with E-state index in [4.69, 9.17) is 4.99 Å². The fourth-order valence-electron chi connectivity index (χ4n) is 3.14. The second-order valence-electron chi connectivity index (χ2n) is 7.00. The van der Waals surface area contributed by atoms with Crippen LogP contribution in [0, 0.1) is 13.8 Å². The van der Waals surface area contributed by atoms with Crippen LogP contribution in [0.2, 0.25) is 0 Å². The lowest BCUT2D eigenvalue weighted by atomic mass is 9.88. The number of rotatable bonds is 1. The topological polar surface area (TPSA) is 24.4 Å². The molecule has 2 heterocycles. The van der Waals surface area contributed by atoms with E-state index in [2.05, 4.69) is 61.1 Å². The summed E-state index contributed by atoms with van der Waals surface area (Å²) in [5, 5.41) is 3.71. The number of benzene rings is 2. The van der Waals surface area contributed by atoms with E-state index in [9.17, 15) is 0 Å². The zero-order chi connectivity index (χ0) is 17.8. The number of fused-ring (bicyclic) bond motifs is 3. The van der Waals surface area contributed by atoms with Gasteiger partial charge in [0.2, 0.25) is 0 Å². The molecule has 1 aliphatic heterocycles. The van der Waals surface area contributed by atoms with Crippen LogP contribution in [0.25, 0.3) is 11.1 Å². The Morgan fingerprint density at radius 3 is 2.40 bits per heavy atom. The first kappa shape index (κ1) is 17.0. The fourth-order valence-corrected chi connectivity index (χ4v) is 6.35. The monoisotopic (exact) mass is 430 g/mol. The van der Waals surface area contributed by atoms with Crippen molar-refractivity contribution in [3.8, 4) is 11.1 Å². The molecule has 1 N–H and O–H groups in total. The summed E-state index contributed by atoms with van der Waals surface area (Å²) in [4.78, 5) is 6.32. The Hall–Kier alpha value is -1.43. The maximum absolute atomic E-state index is 4.95. The normalized spacial score (nSPS) is 15.5. The number of aryl methyl sites for hydroxylation is 2. The predicted octanol–water partition coefficient (Wildman–Crippen LogP) is 6.75. The SMILES string of the molecule is Cc1cc2c(cc1C)-c1c(ssc1=Nc1ccc(Br)cc1)C(C)(C)N2. The Kier molecular flexibility index (Phi) is 4.13. The molecule has 0 aliphatic carbocycles. The molecule has 4 rings (SSSR count). The van der Waals surface area contributed by atoms with Gasteiger partial charge in [0.05, 0.1) is 16.1 Å². The van der Waals surface area contributed by atoms with E-state index in [1.165, 1.54) is 32.8 Å². The van der Waals surface area contributed by atoms with Crippen molar-refractivity contribution in [1.82, 2.24) is 0 Å². The number of anilines is 1. The Labute approximate surface area is 163 Å². The minimum atomic E-state index is -0.0846. The lowest BCUT2D eigenvalue weighted by Gasteiger charge is -2.33. The Balaban J connectivity index is 1.98. The lowest BCUT2D eigenvalue weighted by Crippen LogP contribution is -2.31. The summed E-state index contributed by atoms with van der Waals surface area (Å²) in [5.41, 5.74) is 7.30. The van der Waals surface area contributed by atoms with Gasteiger partial charge in [0.1, 0.15) is 4.67 Å². The first-order valence-electron chi connectivity index (χ1n) is 8.19. The van der Waals surface area contributed by atoms with Crippen molar-refractivity contribution in [2.75, 3.05) is 5.32 Å². The number of hydrogen-bond donors (Lipinski definition) is 1. The highest BCUT2D eigenvalue weighted by Gasteiger charge is 2.33. The van der Waals surface area contributed by atoms with E-state index in [0.29, 0.717) is 0 Å². The van der Waals surface area contributed by atoms with Gasteiger partial charge in [0.15, 0.2) is 0 Å². The van der Waals surface area contributed by atoms with Crippen LogP contribution in [-0.2, 0) is 5.54 Å². The lowest BCUT2D eigenvalue weighted by molar-refractivity contribution is 0.619. The molecule has 0 atom stereocenters. The third kappa shape index (κ3) is 2.98. The zero-order valence-corrected chi connectivity index (χ0v) is 17.8. The molecule has 2 aromatic carbocycles. The quantitative estimate of drug-likeness (QED) is 0.424. The second kappa shape index (κ2) is 6.08. The van der Waals surface area contributed by atoms with Crippen LogP contribution in [0.1, 0.15) is 29.9 Å². The smallest absolute Gasteiger partial charge is 0.135 e. The van der Waals surface area contributed by atoms with E-state index in [1.54, 1.807) is 10.3 Å². The maximum Gasteiger partial charge on any atom is 0.135 e. The van der Waals surface area contributed by atoms with Gasteiger partial charge in [0, 0.05) is 21.3 Å². The summed E-state index contributed by atoms with van der Waals surface area (Å²) in [7, 11) is 3.59. The van der Waals surface area contributed by atoms with Gasteiger partial charge < -0.3 is 5.32 Å². The van der Waals surface area contributed by atoms with Crippen LogP contribution >= 0.6 is 36.6 Å². The Bertz CT molecular complexity index is 1030. The minimum Gasteiger partial charge on any atom is -0.375 e. The van der Waals surface area contributed by atoms with Crippen LogP contribution in [0.15, 0.2) is 45.9 Å². The van der Waals surface area contributed by atoms with Crippen molar-refractivity contribution in [3.63, 3.8) is 0 Å². The van der Waals surface area contributed by atoms with Gasteiger partial charge >= 0.3 is 0 Å². The van der Waals surface area contributed by atoms with E-state index < -0.39 is 0 Å². The largest absolute Gasteiger partial charge is 0.375 e. The molecule has 0 unspecified atom stereocenters. The molecule has 0 saturated heterocycles. The van der Waals surface area contributed by atoms with Crippen molar-refractivity contribution in [3.05, 3.63) is 61.5 Å². The average molecular weight is 431 g/mol. The number of nitrogens with zero attached hydrogens (tertiary/aromatic N) is 1. The summed E-state index contributed by atoms with van der Waals surface area (Å²) in [6.07, 6.45) is 0. The first-order chi connectivity index (χ1) is 11.8. The van der Waals surface area contributed by atoms with Crippen molar-refractivity contribution in [1.29, 1.82) is 0 Å². The van der Waals surface area contributed by atoms with Crippen molar-refractivity contribution < 1.29 is 0 Å². The molecule has 3 aromatic rings. The fraction of sp³-hybridized carbons (Fsp3) is 0.250. The number of halogens is 1. The molecule has 0 spiro atoms. The summed E-state index contributed by atoms with van der Waals surface area (Å²) in [6, 6.07) is 12.7. The molecule has 2 nitrogen and oxygen atoms in total. The molecule has 0 saturated carbocycles. The number of nitrogens with one attached hydrogen (secondary N) is 1. The Morgan fingerprint density at radius 2 is 1.68 bits per heavy atom. The molecule has 5 heteroatoms. The van der Waals surface area contributed by atoms with Gasteiger partial charge in [-0.3, -0.25) is 0 Å². The third-order valence-corrected chi connectivity index (χ3v) is 7.79. The molecule has 0 amide bonds. The minimum absolute atomic E-state index is 0.0846. The second-order valence-corrected chi connectivity index (χ2v) is 10.0. The van der Waals surface area contributed by atoms with Crippen LogP contribution in [-0.4, -0.2) is 0 Å². The molecular formula is C20H19BrN2S2. The Morgan fingerprint density at radius 1 is 1.00 bits per heavy atom. The summed E-state index contributed by atoms with van der Waals surface area (Å²) < 4.78 is 2.17. The molecular weight excluding hydrogens is 412 g/mol. The summed E-state index contributed by atoms with van der Waals surface area (Å²) in [6.45, 7) is 8.84. The highest BCUT2D eigenvalue weighted by Crippen LogP contribution is 2.46. The van der Waals surface area contributed by atoms with E-state index in [1.807, 2.05) is 34.6 Å². The zero-order valence-electron chi connectivity index (χ0n) is 14.6. The highest BCUT2D eigenvalue weighted by atomic mass is 79.9. The van der Waals surface area contributed by atoms with Gasteiger partial charge in [-0.25, -0.2) is 4.99 Å². The van der Waals surface area contributed by atoms with Gasteiger partial charge in [-0.05, 0) is 75.2 Å². The molecule has 128 valence electrons. The van der Waals surface area contributed by atoms with E-state index >= 15 is 0 Å². The highest BCUT2D eigenvalue weighted by molar-refractivity contribution is 9.10. The van der Waals surface area contributed by atoms with Gasteiger partial charge in [-0.15, -0.1) is 0 Å². The van der Waals surface area contributed by atoms with E-state index in [0.717, 1.165) is 14.8 Å². The summed E-state index contributed by atoms with van der Waals surface area (Å²) >= 11 is 3.49. The van der Waals surface area contributed by atoms with Crippen LogP contribution < -0.4 is 9.99 Å². The molecule has 1 aromatic heterocycles. The van der Waals surface area contributed by atoms with Crippen LogP contribution in [0.4, 0.5) is 11.4 Å². The van der Waals surface area contributed by atoms with Crippen molar-refractivity contribution >= 4 is 48.0 Å². The number of hydrogen-bond acceptors (Lipinski definition) is 4. The molecule has 0 radical (unpaired) electrons.